The minimum absolute atomic E-state index is 0.113. The highest BCUT2D eigenvalue weighted by Crippen LogP contribution is 2.12. The number of aryl methyl sites for hydroxylation is 3. The van der Waals surface area contributed by atoms with Gasteiger partial charge < -0.3 is 0 Å². The molecule has 1 heterocycles. The highest BCUT2D eigenvalue weighted by molar-refractivity contribution is 5.96. The zero-order valence-electron chi connectivity index (χ0n) is 10.4. The van der Waals surface area contributed by atoms with E-state index in [2.05, 4.69) is 5.10 Å². The van der Waals surface area contributed by atoms with Crippen molar-refractivity contribution in [2.75, 3.05) is 0 Å². The van der Waals surface area contributed by atoms with Gasteiger partial charge in [-0.2, -0.15) is 5.10 Å². The number of aromatic nitrogens is 2. The fourth-order valence-electron chi connectivity index (χ4n) is 1.94. The van der Waals surface area contributed by atoms with Crippen molar-refractivity contribution in [3.8, 4) is 0 Å². The van der Waals surface area contributed by atoms with Gasteiger partial charge in [-0.05, 0) is 31.0 Å². The van der Waals surface area contributed by atoms with Crippen LogP contribution in [-0.4, -0.2) is 15.6 Å². The fourth-order valence-corrected chi connectivity index (χ4v) is 1.94. The molecule has 2 aromatic rings. The van der Waals surface area contributed by atoms with Crippen LogP contribution < -0.4 is 0 Å². The van der Waals surface area contributed by atoms with Crippen molar-refractivity contribution in [1.82, 2.24) is 9.78 Å². The van der Waals surface area contributed by atoms with Crippen molar-refractivity contribution in [1.29, 1.82) is 0 Å². The molecular weight excluding hydrogens is 212 g/mol. The van der Waals surface area contributed by atoms with Gasteiger partial charge in [0.15, 0.2) is 5.78 Å². The van der Waals surface area contributed by atoms with E-state index in [-0.39, 0.29) is 5.78 Å². The van der Waals surface area contributed by atoms with Crippen LogP contribution in [0.1, 0.15) is 27.3 Å². The molecule has 0 amide bonds. The molecule has 3 nitrogen and oxygen atoms in total. The summed E-state index contributed by atoms with van der Waals surface area (Å²) in [5.74, 6) is 0.113. The number of Topliss-reactive ketones (excluding diaryl/α,β-unsaturated/α-hetero) is 1. The van der Waals surface area contributed by atoms with E-state index >= 15 is 0 Å². The zero-order valence-corrected chi connectivity index (χ0v) is 10.4. The summed E-state index contributed by atoms with van der Waals surface area (Å²) in [6.45, 7) is 3.92. The fraction of sp³-hybridized carbons (Fsp3) is 0.286. The number of ketones is 1. The van der Waals surface area contributed by atoms with E-state index in [1.165, 1.54) is 0 Å². The van der Waals surface area contributed by atoms with Crippen LogP contribution in [0.2, 0.25) is 0 Å². The molecule has 0 unspecified atom stereocenters. The third kappa shape index (κ3) is 2.44. The second kappa shape index (κ2) is 4.53. The molecule has 88 valence electrons. The second-order valence-corrected chi connectivity index (χ2v) is 4.32. The first-order chi connectivity index (χ1) is 8.08. The Hall–Kier alpha value is -1.90. The maximum Gasteiger partial charge on any atom is 0.185 e. The standard InChI is InChI=1S/C14H16N2O/c1-10-6-4-5-7-12(10)9-14(17)13-8-11(2)15-16(13)3/h4-8H,9H2,1-3H3. The molecule has 0 radical (unpaired) electrons. The van der Waals surface area contributed by atoms with E-state index in [1.807, 2.05) is 44.2 Å². The van der Waals surface area contributed by atoms with Crippen molar-refractivity contribution in [3.05, 3.63) is 52.8 Å². The molecule has 2 rings (SSSR count). The number of rotatable bonds is 3. The Morgan fingerprint density at radius 3 is 2.59 bits per heavy atom. The van der Waals surface area contributed by atoms with Crippen LogP contribution >= 0.6 is 0 Å². The van der Waals surface area contributed by atoms with Gasteiger partial charge in [-0.1, -0.05) is 24.3 Å². The summed E-state index contributed by atoms with van der Waals surface area (Å²) in [4.78, 5) is 12.1. The average molecular weight is 228 g/mol. The summed E-state index contributed by atoms with van der Waals surface area (Å²) in [6, 6.07) is 9.80. The SMILES string of the molecule is Cc1cc(C(=O)Cc2ccccc2C)n(C)n1. The number of carbonyl (C=O) groups is 1. The van der Waals surface area contributed by atoms with Crippen LogP contribution in [0.3, 0.4) is 0 Å². The topological polar surface area (TPSA) is 34.9 Å². The van der Waals surface area contributed by atoms with E-state index in [4.69, 9.17) is 0 Å². The van der Waals surface area contributed by atoms with Crippen LogP contribution in [0.5, 0.6) is 0 Å². The molecule has 0 saturated heterocycles. The van der Waals surface area contributed by atoms with E-state index in [0.29, 0.717) is 12.1 Å². The number of hydrogen-bond donors (Lipinski definition) is 0. The molecular formula is C14H16N2O. The molecule has 0 aliphatic heterocycles. The Balaban J connectivity index is 2.23. The van der Waals surface area contributed by atoms with Gasteiger partial charge in [0.25, 0.3) is 0 Å². The highest BCUT2D eigenvalue weighted by Gasteiger charge is 2.13. The summed E-state index contributed by atoms with van der Waals surface area (Å²) in [6.07, 6.45) is 0.436. The Labute approximate surface area is 101 Å². The van der Waals surface area contributed by atoms with Gasteiger partial charge in [0.1, 0.15) is 5.69 Å². The maximum absolute atomic E-state index is 12.1. The number of hydrogen-bond acceptors (Lipinski definition) is 2. The molecule has 3 heteroatoms. The van der Waals surface area contributed by atoms with Crippen LogP contribution in [0.15, 0.2) is 30.3 Å². The van der Waals surface area contributed by atoms with Gasteiger partial charge in [0.2, 0.25) is 0 Å². The Kier molecular flexibility index (Phi) is 3.09. The minimum atomic E-state index is 0.113. The van der Waals surface area contributed by atoms with Gasteiger partial charge in [-0.15, -0.1) is 0 Å². The number of carbonyl (C=O) groups excluding carboxylic acids is 1. The normalized spacial score (nSPS) is 10.5. The van der Waals surface area contributed by atoms with Gasteiger partial charge in [0, 0.05) is 13.5 Å². The second-order valence-electron chi connectivity index (χ2n) is 4.32. The monoisotopic (exact) mass is 228 g/mol. The molecule has 0 bridgehead atoms. The summed E-state index contributed by atoms with van der Waals surface area (Å²) in [5.41, 5.74) is 3.78. The smallest absolute Gasteiger partial charge is 0.185 e. The Morgan fingerprint density at radius 2 is 2.00 bits per heavy atom. The maximum atomic E-state index is 12.1. The molecule has 1 aromatic carbocycles. The van der Waals surface area contributed by atoms with Crippen molar-refractivity contribution < 1.29 is 4.79 Å². The number of nitrogens with zero attached hydrogens (tertiary/aromatic N) is 2. The van der Waals surface area contributed by atoms with Crippen LogP contribution in [0.4, 0.5) is 0 Å². The van der Waals surface area contributed by atoms with Gasteiger partial charge in [-0.3, -0.25) is 9.48 Å². The average Bonchev–Trinajstić information content (AvgIpc) is 2.61. The molecule has 0 fully saturated rings. The lowest BCUT2D eigenvalue weighted by Gasteiger charge is -2.04. The van der Waals surface area contributed by atoms with Crippen molar-refractivity contribution >= 4 is 5.78 Å². The summed E-state index contributed by atoms with van der Waals surface area (Å²) in [7, 11) is 1.80. The molecule has 0 aliphatic carbocycles. The summed E-state index contributed by atoms with van der Waals surface area (Å²) in [5, 5.41) is 4.19. The van der Waals surface area contributed by atoms with Gasteiger partial charge >= 0.3 is 0 Å². The van der Waals surface area contributed by atoms with Crippen LogP contribution in [-0.2, 0) is 13.5 Å². The molecule has 0 N–H and O–H groups in total. The minimum Gasteiger partial charge on any atom is -0.292 e. The summed E-state index contributed by atoms with van der Waals surface area (Å²) < 4.78 is 1.65. The first kappa shape index (κ1) is 11.6. The van der Waals surface area contributed by atoms with Crippen molar-refractivity contribution in [2.45, 2.75) is 20.3 Å². The van der Waals surface area contributed by atoms with Crippen molar-refractivity contribution in [2.24, 2.45) is 7.05 Å². The molecule has 0 atom stereocenters. The van der Waals surface area contributed by atoms with Crippen molar-refractivity contribution in [3.63, 3.8) is 0 Å². The zero-order chi connectivity index (χ0) is 12.4. The van der Waals surface area contributed by atoms with Crippen LogP contribution in [0, 0.1) is 13.8 Å². The predicted molar refractivity (Wildman–Crippen MR) is 67.2 cm³/mol. The largest absolute Gasteiger partial charge is 0.292 e. The van der Waals surface area contributed by atoms with E-state index in [1.54, 1.807) is 11.7 Å². The highest BCUT2D eigenvalue weighted by atomic mass is 16.1. The third-order valence-electron chi connectivity index (χ3n) is 2.90. The van der Waals surface area contributed by atoms with E-state index in [9.17, 15) is 4.79 Å². The molecule has 0 saturated carbocycles. The van der Waals surface area contributed by atoms with E-state index < -0.39 is 0 Å². The van der Waals surface area contributed by atoms with Gasteiger partial charge in [0.05, 0.1) is 5.69 Å². The predicted octanol–water partition coefficient (Wildman–Crippen LogP) is 2.46. The lowest BCUT2D eigenvalue weighted by atomic mass is 10.0. The lowest BCUT2D eigenvalue weighted by Crippen LogP contribution is -2.10. The molecule has 1 aromatic heterocycles. The van der Waals surface area contributed by atoms with Gasteiger partial charge in [-0.25, -0.2) is 0 Å². The number of benzene rings is 1. The Bertz CT molecular complexity index is 555. The first-order valence-corrected chi connectivity index (χ1v) is 5.66. The van der Waals surface area contributed by atoms with E-state index in [0.717, 1.165) is 16.8 Å². The summed E-state index contributed by atoms with van der Waals surface area (Å²) >= 11 is 0. The van der Waals surface area contributed by atoms with Crippen LogP contribution in [0.25, 0.3) is 0 Å². The third-order valence-corrected chi connectivity index (χ3v) is 2.90. The molecule has 0 spiro atoms. The molecule has 17 heavy (non-hydrogen) atoms. The lowest BCUT2D eigenvalue weighted by molar-refractivity contribution is 0.0984. The first-order valence-electron chi connectivity index (χ1n) is 5.66. The Morgan fingerprint density at radius 1 is 1.29 bits per heavy atom. The quantitative estimate of drug-likeness (QED) is 0.756. The molecule has 0 aliphatic rings.